The third kappa shape index (κ3) is 53.7. The van der Waals surface area contributed by atoms with Gasteiger partial charge in [-0.15, -0.1) is 23.2 Å². The number of alkyl halides is 5. The normalized spacial score (nSPS) is 14.9. The molecule has 1 aromatic heterocycles. The molecule has 0 atom stereocenters. The minimum Gasteiger partial charge on any atom is -0.352 e. The highest BCUT2D eigenvalue weighted by Crippen LogP contribution is 2.26. The van der Waals surface area contributed by atoms with Crippen LogP contribution in [0, 0.1) is 17.8 Å². The number of nitrogens with zero attached hydrogens (tertiary/aromatic N) is 5. The number of aromatic nitrogens is 2. The van der Waals surface area contributed by atoms with Crippen LogP contribution in [0.5, 0.6) is 0 Å². The van der Waals surface area contributed by atoms with Crippen molar-refractivity contribution < 1.29 is 56.3 Å². The van der Waals surface area contributed by atoms with Crippen LogP contribution in [0.4, 0.5) is 13.2 Å². The second-order valence-corrected chi connectivity index (χ2v) is 35.0. The highest BCUT2D eigenvalue weighted by atomic mass is 35.5. The van der Waals surface area contributed by atoms with Crippen molar-refractivity contribution in [1.82, 2.24) is 61.5 Å². The molecule has 3 aliphatic rings. The van der Waals surface area contributed by atoms with Crippen LogP contribution in [0.15, 0.2) is 73.3 Å². The zero-order chi connectivity index (χ0) is 81.7. The van der Waals surface area contributed by atoms with Crippen LogP contribution in [0.3, 0.4) is 0 Å². The fourth-order valence-corrected chi connectivity index (χ4v) is 10.3. The van der Waals surface area contributed by atoms with Gasteiger partial charge in [0, 0.05) is 93.0 Å². The summed E-state index contributed by atoms with van der Waals surface area (Å²) in [6.07, 6.45) is 10.4. The van der Waals surface area contributed by atoms with E-state index in [0.29, 0.717) is 30.1 Å². The molecule has 105 heavy (non-hydrogen) atoms. The Labute approximate surface area is 638 Å². The fourth-order valence-electron chi connectivity index (χ4n) is 10.0. The van der Waals surface area contributed by atoms with Gasteiger partial charge in [0.05, 0.1) is 12.9 Å². The van der Waals surface area contributed by atoms with Gasteiger partial charge in [0.25, 0.3) is 11.8 Å². The van der Waals surface area contributed by atoms with E-state index < -0.39 is 23.5 Å². The van der Waals surface area contributed by atoms with Crippen molar-refractivity contribution >= 4 is 76.4 Å². The standard InChI is InChI=1S/C12H16ClNO.C12H24N2O.C11H22N2O.C11H21NO.C11H15NO.C8H12F3NO2.C8H13N3O.C6H12ClNO/c1-12(2,3)14-11(15)10-6-4-9(8-13)5-7-10;1-10-5-7-14(8-6-10)9-11(15)13-12(2,3)4;1-11(2,3)12-10(14)9-5-7-13(4)8-6-9;2*1-11(2,3)12-10(13)9-7-5-4-6-8-9;1-5(13)12(7(2,3)4)6(14)8(9,10)11;1-7(2)10-8(12)5-11-4-3-9-6-11;1-6(2,3)8-5(9)4-7/h4-7H,8H2,1-3H3,(H,14,15);10H,5-9H2,1-4H3,(H,13,15);9H,5-8H2,1-4H3,(H,12,14);9H,4-8H2,1-3H3,(H,12,13);4-8H,1-3H3,(H,12,13);1-4H3;3-4,6-7H,5H2,1-2H3,(H,10,12);4H2,1-3H3,(H,8,9). The van der Waals surface area contributed by atoms with Gasteiger partial charge in [-0.2, -0.15) is 13.2 Å². The van der Waals surface area contributed by atoms with Crippen molar-refractivity contribution in [3.05, 3.63) is 90.0 Å². The predicted octanol–water partition coefficient (Wildman–Crippen LogP) is 13.8. The summed E-state index contributed by atoms with van der Waals surface area (Å²) in [4.78, 5) is 110. The van der Waals surface area contributed by atoms with Gasteiger partial charge in [-0.1, -0.05) is 56.5 Å². The largest absolute Gasteiger partial charge is 0.471 e. The Kier molecular flexibility index (Phi) is 45.2. The first-order valence-corrected chi connectivity index (χ1v) is 37.6. The third-order valence-electron chi connectivity index (χ3n) is 14.6. The van der Waals surface area contributed by atoms with Gasteiger partial charge in [-0.05, 0) is 267 Å². The Morgan fingerprint density at radius 3 is 1.27 bits per heavy atom. The summed E-state index contributed by atoms with van der Waals surface area (Å²) in [5.74, 6) is -0.736. The van der Waals surface area contributed by atoms with E-state index in [1.807, 2.05) is 169 Å². The van der Waals surface area contributed by atoms with Crippen LogP contribution in [0.2, 0.25) is 0 Å². The molecule has 26 heteroatoms. The fraction of sp³-hybridized carbons (Fsp3) is 0.696. The maximum absolute atomic E-state index is 12.0. The zero-order valence-electron chi connectivity index (χ0n) is 68.6. The van der Waals surface area contributed by atoms with E-state index in [9.17, 15) is 56.3 Å². The van der Waals surface area contributed by atoms with E-state index in [1.165, 1.54) is 52.9 Å². The van der Waals surface area contributed by atoms with Crippen LogP contribution in [-0.2, 0) is 46.0 Å². The number of carbonyl (C=O) groups is 9. The number of amides is 9. The lowest BCUT2D eigenvalue weighted by Gasteiger charge is -2.33. The lowest BCUT2D eigenvalue weighted by Crippen LogP contribution is -2.53. The Balaban J connectivity index is 0. The summed E-state index contributed by atoms with van der Waals surface area (Å²) < 4.78 is 37.9. The summed E-state index contributed by atoms with van der Waals surface area (Å²) in [6, 6.07) is 16.7. The Bertz CT molecular complexity index is 3030. The van der Waals surface area contributed by atoms with Gasteiger partial charge < -0.3 is 46.7 Å². The Morgan fingerprint density at radius 1 is 0.524 bits per heavy atom. The lowest BCUT2D eigenvalue weighted by molar-refractivity contribution is -0.192. The second kappa shape index (κ2) is 47.2. The molecule has 9 amide bonds. The summed E-state index contributed by atoms with van der Waals surface area (Å²) in [5.41, 5.74) is 0.398. The van der Waals surface area contributed by atoms with Gasteiger partial charge in [0.1, 0.15) is 12.4 Å². The number of likely N-dealkylation sites (tertiary alicyclic amines) is 2. The van der Waals surface area contributed by atoms with Crippen molar-refractivity contribution in [2.45, 2.75) is 294 Å². The average Bonchev–Trinajstić information content (AvgIpc) is 0.878. The maximum Gasteiger partial charge on any atom is 0.471 e. The molecule has 1 aliphatic carbocycles. The van der Waals surface area contributed by atoms with Crippen LogP contribution in [0.1, 0.15) is 257 Å². The molecule has 600 valence electrons. The highest BCUT2D eigenvalue weighted by molar-refractivity contribution is 6.27. The summed E-state index contributed by atoms with van der Waals surface area (Å²) in [6.45, 7) is 52.0. The topological polar surface area (TPSA) is 265 Å². The molecular formula is C79H135Cl2F3N12O9. The molecule has 21 nitrogen and oxygen atoms in total. The van der Waals surface area contributed by atoms with Crippen molar-refractivity contribution in [3.8, 4) is 0 Å². The number of hydrogen-bond acceptors (Lipinski definition) is 12. The molecule has 0 bridgehead atoms. The number of nitrogens with one attached hydrogen (secondary N) is 7. The van der Waals surface area contributed by atoms with Crippen LogP contribution >= 0.6 is 23.2 Å². The summed E-state index contributed by atoms with van der Waals surface area (Å²) in [5, 5.41) is 20.4. The molecule has 2 aromatic carbocycles. The van der Waals surface area contributed by atoms with Gasteiger partial charge in [-0.3, -0.25) is 53.0 Å². The van der Waals surface area contributed by atoms with E-state index in [0.717, 1.165) is 70.3 Å². The molecule has 2 saturated heterocycles. The number of benzene rings is 2. The first kappa shape index (κ1) is 100. The van der Waals surface area contributed by atoms with Crippen LogP contribution < -0.4 is 37.2 Å². The second-order valence-electron chi connectivity index (χ2n) is 34.5. The SMILES string of the molecule is CC(=O)N(C(=O)C(F)(F)F)C(C)(C)C.CC(C)(C)NC(=O)C1CCCCC1.CC(C)(C)NC(=O)CCl.CC(C)(C)NC(=O)c1ccc(CCl)cc1.CC(C)(C)NC(=O)c1ccccc1.CC(C)NC(=O)Cn1ccnc1.CC1CCN(CC(=O)NC(C)(C)C)CC1.CN1CCC(C(=O)NC(C)(C)C)CC1. The molecule has 1 saturated carbocycles. The number of rotatable bonds is 11. The maximum atomic E-state index is 12.0. The number of imide groups is 1. The van der Waals surface area contributed by atoms with Crippen molar-refractivity contribution in [1.29, 1.82) is 0 Å². The predicted molar refractivity (Wildman–Crippen MR) is 420 cm³/mol. The Morgan fingerprint density at radius 2 is 0.933 bits per heavy atom. The van der Waals surface area contributed by atoms with Gasteiger partial charge in [0.15, 0.2) is 0 Å². The third-order valence-corrected chi connectivity index (χ3v) is 15.2. The minimum atomic E-state index is -5.01. The van der Waals surface area contributed by atoms with E-state index in [-0.39, 0.29) is 103 Å². The van der Waals surface area contributed by atoms with Crippen LogP contribution in [-0.4, -0.2) is 174 Å². The number of piperidine rings is 2. The summed E-state index contributed by atoms with van der Waals surface area (Å²) in [7, 11) is 2.11. The van der Waals surface area contributed by atoms with E-state index >= 15 is 0 Å². The molecule has 3 heterocycles. The molecule has 6 rings (SSSR count). The molecular weight excluding hydrogens is 1390 g/mol. The van der Waals surface area contributed by atoms with Crippen LogP contribution in [0.25, 0.3) is 0 Å². The molecule has 7 N–H and O–H groups in total. The van der Waals surface area contributed by atoms with Crippen molar-refractivity contribution in [2.75, 3.05) is 45.7 Å². The smallest absolute Gasteiger partial charge is 0.352 e. The molecule has 0 unspecified atom stereocenters. The number of halogens is 5. The van der Waals surface area contributed by atoms with E-state index in [4.69, 9.17) is 23.2 Å². The van der Waals surface area contributed by atoms with E-state index in [1.54, 1.807) is 47.6 Å². The first-order chi connectivity index (χ1) is 47.8. The lowest BCUT2D eigenvalue weighted by atomic mass is 9.88. The number of carbonyl (C=O) groups excluding carboxylic acids is 9. The number of imidazole rings is 1. The minimum absolute atomic E-state index is 0.0167. The van der Waals surface area contributed by atoms with Crippen molar-refractivity contribution in [3.63, 3.8) is 0 Å². The van der Waals surface area contributed by atoms with Gasteiger partial charge >= 0.3 is 12.1 Å². The Hall–Kier alpha value is -6.63. The molecule has 0 radical (unpaired) electrons. The first-order valence-electron chi connectivity index (χ1n) is 36.5. The molecule has 3 aromatic rings. The van der Waals surface area contributed by atoms with E-state index in [2.05, 4.69) is 66.0 Å². The molecule has 2 aliphatic heterocycles. The molecule has 0 spiro atoms. The van der Waals surface area contributed by atoms with Gasteiger partial charge in [0.2, 0.25) is 35.4 Å². The van der Waals surface area contributed by atoms with Crippen molar-refractivity contribution in [2.24, 2.45) is 17.8 Å². The monoisotopic (exact) mass is 1520 g/mol. The number of hydrogen-bond donors (Lipinski definition) is 7. The molecule has 3 fully saturated rings. The summed E-state index contributed by atoms with van der Waals surface area (Å²) >= 11 is 10.9. The van der Waals surface area contributed by atoms with Gasteiger partial charge in [-0.25, -0.2) is 4.98 Å². The quantitative estimate of drug-likeness (QED) is 0.0884. The zero-order valence-corrected chi connectivity index (χ0v) is 70.1. The highest BCUT2D eigenvalue weighted by Gasteiger charge is 2.47. The average molecular weight is 1520 g/mol.